The quantitative estimate of drug-likeness (QED) is 0.197. The molecule has 4 rings (SSSR count). The number of likely N-dealkylation sites (tertiary alicyclic amines) is 1. The third-order valence-electron chi connectivity index (χ3n) is 5.96. The minimum Gasteiger partial charge on any atom is -0.507 e. The molecule has 2 aromatic carbocycles. The van der Waals surface area contributed by atoms with Crippen LogP contribution in [0.3, 0.4) is 0 Å². The molecule has 1 aliphatic heterocycles. The Morgan fingerprint density at radius 3 is 2.32 bits per heavy atom. The first-order valence-electron chi connectivity index (χ1n) is 12.1. The van der Waals surface area contributed by atoms with Crippen LogP contribution in [0.4, 0.5) is 0 Å². The van der Waals surface area contributed by atoms with Crippen LogP contribution < -0.4 is 4.74 Å². The fraction of sp³-hybridized carbons (Fsp3) is 0.241. The van der Waals surface area contributed by atoms with Crippen molar-refractivity contribution in [1.82, 2.24) is 9.88 Å². The molecule has 1 fully saturated rings. The van der Waals surface area contributed by atoms with Gasteiger partial charge >= 0.3 is 5.97 Å². The topological polar surface area (TPSA) is 106 Å². The van der Waals surface area contributed by atoms with Crippen molar-refractivity contribution in [3.05, 3.63) is 101 Å². The molecule has 1 atom stereocenters. The molecule has 0 spiro atoms. The zero-order valence-electron chi connectivity index (χ0n) is 20.7. The lowest BCUT2D eigenvalue weighted by atomic mass is 9.96. The van der Waals surface area contributed by atoms with Gasteiger partial charge in [0.05, 0.1) is 30.4 Å². The molecule has 1 amide bonds. The normalized spacial score (nSPS) is 16.6. The van der Waals surface area contributed by atoms with Gasteiger partial charge in [0, 0.05) is 24.5 Å². The van der Waals surface area contributed by atoms with E-state index >= 15 is 0 Å². The molecule has 1 N–H and O–H groups in total. The minimum atomic E-state index is -0.838. The number of esters is 1. The molecular weight excluding hydrogens is 472 g/mol. The zero-order chi connectivity index (χ0) is 26.4. The molecule has 0 saturated carbocycles. The summed E-state index contributed by atoms with van der Waals surface area (Å²) in [5.74, 6) is -1.57. The number of ether oxygens (including phenoxy) is 2. The first kappa shape index (κ1) is 25.6. The van der Waals surface area contributed by atoms with Crippen LogP contribution in [0, 0.1) is 0 Å². The second-order valence-electron chi connectivity index (χ2n) is 8.50. The Bertz CT molecular complexity index is 1300. The van der Waals surface area contributed by atoms with Gasteiger partial charge in [-0.3, -0.25) is 14.6 Å². The molecule has 1 saturated heterocycles. The number of ketones is 1. The molecule has 1 aliphatic rings. The summed E-state index contributed by atoms with van der Waals surface area (Å²) in [6, 6.07) is 16.0. The van der Waals surface area contributed by atoms with E-state index in [1.54, 1.807) is 73.1 Å². The molecule has 8 heteroatoms. The second-order valence-corrected chi connectivity index (χ2v) is 8.50. The fourth-order valence-electron chi connectivity index (χ4n) is 4.18. The lowest BCUT2D eigenvalue weighted by molar-refractivity contribution is -0.140. The third-order valence-corrected chi connectivity index (χ3v) is 5.96. The van der Waals surface area contributed by atoms with Crippen molar-refractivity contribution in [2.75, 3.05) is 13.2 Å². The molecule has 0 bridgehead atoms. The molecule has 1 aromatic heterocycles. The van der Waals surface area contributed by atoms with Crippen molar-refractivity contribution in [2.24, 2.45) is 0 Å². The highest BCUT2D eigenvalue weighted by molar-refractivity contribution is 6.46. The van der Waals surface area contributed by atoms with E-state index in [-0.39, 0.29) is 17.9 Å². The van der Waals surface area contributed by atoms with Gasteiger partial charge in [0.1, 0.15) is 11.5 Å². The Kier molecular flexibility index (Phi) is 7.98. The molecule has 8 nitrogen and oxygen atoms in total. The Morgan fingerprint density at radius 1 is 1.00 bits per heavy atom. The second kappa shape index (κ2) is 11.5. The number of amides is 1. The number of Topliss-reactive ketones (excluding diaryl/α,β-unsaturated/α-hetero) is 1. The first-order chi connectivity index (χ1) is 17.9. The summed E-state index contributed by atoms with van der Waals surface area (Å²) in [5, 5.41) is 11.2. The predicted molar refractivity (Wildman–Crippen MR) is 137 cm³/mol. The Labute approximate surface area is 215 Å². The van der Waals surface area contributed by atoms with Gasteiger partial charge in [-0.25, -0.2) is 4.79 Å². The maximum atomic E-state index is 13.2. The third kappa shape index (κ3) is 5.53. The van der Waals surface area contributed by atoms with E-state index in [9.17, 15) is 19.5 Å². The van der Waals surface area contributed by atoms with Gasteiger partial charge in [-0.2, -0.15) is 0 Å². The van der Waals surface area contributed by atoms with E-state index in [0.717, 1.165) is 6.42 Å². The van der Waals surface area contributed by atoms with Crippen LogP contribution >= 0.6 is 0 Å². The largest absolute Gasteiger partial charge is 0.507 e. The number of aliphatic hydroxyl groups is 1. The van der Waals surface area contributed by atoms with Gasteiger partial charge in [-0.1, -0.05) is 25.1 Å². The van der Waals surface area contributed by atoms with Crippen LogP contribution in [0.15, 0.2) is 78.6 Å². The number of hydrogen-bond acceptors (Lipinski definition) is 7. The lowest BCUT2D eigenvalue weighted by Gasteiger charge is -2.25. The number of carbonyl (C=O) groups is 3. The van der Waals surface area contributed by atoms with Crippen molar-refractivity contribution in [3.8, 4) is 5.75 Å². The predicted octanol–water partition coefficient (Wildman–Crippen LogP) is 4.67. The number of benzene rings is 2. The van der Waals surface area contributed by atoms with E-state index < -0.39 is 23.7 Å². The molecular formula is C29H28N2O6. The van der Waals surface area contributed by atoms with Gasteiger partial charge in [-0.15, -0.1) is 0 Å². The summed E-state index contributed by atoms with van der Waals surface area (Å²) in [5.41, 5.74) is 2.09. The summed E-state index contributed by atoms with van der Waals surface area (Å²) in [6.45, 7) is 4.71. The number of nitrogens with zero attached hydrogens (tertiary/aromatic N) is 2. The highest BCUT2D eigenvalue weighted by atomic mass is 16.5. The molecule has 0 aliphatic carbocycles. The lowest BCUT2D eigenvalue weighted by Crippen LogP contribution is -2.29. The van der Waals surface area contributed by atoms with Gasteiger partial charge in [0.25, 0.3) is 11.7 Å². The molecule has 2 heterocycles. The summed E-state index contributed by atoms with van der Waals surface area (Å²) in [7, 11) is 0. The van der Waals surface area contributed by atoms with Crippen LogP contribution in [-0.2, 0) is 20.9 Å². The van der Waals surface area contributed by atoms with Crippen LogP contribution in [0.5, 0.6) is 5.75 Å². The van der Waals surface area contributed by atoms with E-state index in [0.29, 0.717) is 41.2 Å². The smallest absolute Gasteiger partial charge is 0.338 e. The fourth-order valence-corrected chi connectivity index (χ4v) is 4.18. The molecule has 190 valence electrons. The summed E-state index contributed by atoms with van der Waals surface area (Å²) >= 11 is 0. The van der Waals surface area contributed by atoms with Crippen molar-refractivity contribution < 1.29 is 29.0 Å². The van der Waals surface area contributed by atoms with Gasteiger partial charge in [0.15, 0.2) is 0 Å². The summed E-state index contributed by atoms with van der Waals surface area (Å²) in [4.78, 5) is 44.1. The van der Waals surface area contributed by atoms with Gasteiger partial charge in [0.2, 0.25) is 0 Å². The molecule has 0 radical (unpaired) electrons. The van der Waals surface area contributed by atoms with E-state index in [4.69, 9.17) is 9.47 Å². The Morgan fingerprint density at radius 2 is 1.70 bits per heavy atom. The van der Waals surface area contributed by atoms with Crippen molar-refractivity contribution in [2.45, 2.75) is 32.9 Å². The average Bonchev–Trinajstić information content (AvgIpc) is 3.17. The van der Waals surface area contributed by atoms with Crippen LogP contribution in [0.2, 0.25) is 0 Å². The first-order valence-corrected chi connectivity index (χ1v) is 12.1. The number of carbonyl (C=O) groups excluding carboxylic acids is 3. The molecule has 3 aromatic rings. The maximum Gasteiger partial charge on any atom is 0.338 e. The zero-order valence-corrected chi connectivity index (χ0v) is 20.7. The molecule has 37 heavy (non-hydrogen) atoms. The van der Waals surface area contributed by atoms with E-state index in [1.165, 1.54) is 4.90 Å². The van der Waals surface area contributed by atoms with Crippen molar-refractivity contribution in [3.63, 3.8) is 0 Å². The summed E-state index contributed by atoms with van der Waals surface area (Å²) in [6.07, 6.45) is 3.89. The standard InChI is InChI=1S/C29H28N2O6/c1-3-16-37-29(35)21-9-7-19(8-10-21)18-31-25(22-6-5-15-30-17-22)24(27(33)28(31)34)26(32)20-11-13-23(14-12-20)36-4-2/h5-15,17,25,32H,3-4,16,18H2,1-2H3/b26-24+. The number of pyridine rings is 1. The molecule has 1 unspecified atom stereocenters. The van der Waals surface area contributed by atoms with E-state index in [2.05, 4.69) is 4.98 Å². The monoisotopic (exact) mass is 500 g/mol. The SMILES string of the molecule is CCCOC(=O)c1ccc(CN2C(=O)C(=O)/C(=C(/O)c3ccc(OCC)cc3)C2c2cccnc2)cc1. The highest BCUT2D eigenvalue weighted by Crippen LogP contribution is 2.40. The Balaban J connectivity index is 1.69. The maximum absolute atomic E-state index is 13.2. The highest BCUT2D eigenvalue weighted by Gasteiger charge is 2.46. The minimum absolute atomic E-state index is 0.0121. The summed E-state index contributed by atoms with van der Waals surface area (Å²) < 4.78 is 10.6. The Hall–Kier alpha value is -4.46. The number of aliphatic hydroxyl groups excluding tert-OH is 1. The van der Waals surface area contributed by atoms with Crippen LogP contribution in [0.1, 0.15) is 53.4 Å². The van der Waals surface area contributed by atoms with Crippen molar-refractivity contribution in [1.29, 1.82) is 0 Å². The van der Waals surface area contributed by atoms with E-state index in [1.807, 2.05) is 13.8 Å². The van der Waals surface area contributed by atoms with Crippen LogP contribution in [-0.4, -0.2) is 45.9 Å². The average molecular weight is 501 g/mol. The van der Waals surface area contributed by atoms with Gasteiger partial charge < -0.3 is 19.5 Å². The van der Waals surface area contributed by atoms with Gasteiger partial charge in [-0.05, 0) is 66.9 Å². The number of hydrogen-bond donors (Lipinski definition) is 1. The number of aromatic nitrogens is 1. The van der Waals surface area contributed by atoms with Crippen LogP contribution in [0.25, 0.3) is 5.76 Å². The van der Waals surface area contributed by atoms with Crippen molar-refractivity contribution >= 4 is 23.4 Å². The number of rotatable bonds is 9.